The van der Waals surface area contributed by atoms with Crippen LogP contribution >= 0.6 is 0 Å². The first-order chi connectivity index (χ1) is 7.63. The topological polar surface area (TPSA) is 114 Å². The van der Waals surface area contributed by atoms with Gasteiger partial charge in [-0.25, -0.2) is 4.98 Å². The second kappa shape index (κ2) is 5.84. The molecule has 0 spiro atoms. The van der Waals surface area contributed by atoms with E-state index in [4.69, 9.17) is 5.73 Å². The van der Waals surface area contributed by atoms with Gasteiger partial charge in [-0.15, -0.1) is 5.10 Å². The first-order valence-corrected chi connectivity index (χ1v) is 5.11. The summed E-state index contributed by atoms with van der Waals surface area (Å²) in [7, 11) is 0. The summed E-state index contributed by atoms with van der Waals surface area (Å²) in [6, 6.07) is 0. The van der Waals surface area contributed by atoms with Crippen LogP contribution < -0.4 is 11.1 Å². The summed E-state index contributed by atoms with van der Waals surface area (Å²) in [5, 5.41) is 9.01. The quantitative estimate of drug-likeness (QED) is 0.559. The largest absolute Gasteiger partial charge is 0.370 e. The van der Waals surface area contributed by atoms with E-state index in [2.05, 4.69) is 20.5 Å². The van der Waals surface area contributed by atoms with E-state index in [0.29, 0.717) is 25.2 Å². The molecule has 88 valence electrons. The highest BCUT2D eigenvalue weighted by Crippen LogP contribution is 1.93. The van der Waals surface area contributed by atoms with Gasteiger partial charge < -0.3 is 11.1 Å². The molecule has 0 aliphatic rings. The molecule has 1 rings (SSSR count). The zero-order valence-electron chi connectivity index (χ0n) is 9.12. The third-order valence-electron chi connectivity index (χ3n) is 1.96. The van der Waals surface area contributed by atoms with E-state index in [1.807, 2.05) is 6.92 Å². The Morgan fingerprint density at radius 1 is 1.50 bits per heavy atom. The molecule has 0 unspecified atom stereocenters. The molecular weight excluding hydrogens is 210 g/mol. The second-order valence-corrected chi connectivity index (χ2v) is 3.29. The van der Waals surface area contributed by atoms with Crippen molar-refractivity contribution >= 4 is 11.8 Å². The predicted molar refractivity (Wildman–Crippen MR) is 56.5 cm³/mol. The molecule has 2 amide bonds. The zero-order valence-corrected chi connectivity index (χ0v) is 9.12. The van der Waals surface area contributed by atoms with Gasteiger partial charge in [0.1, 0.15) is 5.82 Å². The number of amides is 2. The lowest BCUT2D eigenvalue weighted by Crippen LogP contribution is -2.26. The van der Waals surface area contributed by atoms with Crippen LogP contribution in [0.4, 0.5) is 0 Å². The third-order valence-corrected chi connectivity index (χ3v) is 1.96. The van der Waals surface area contributed by atoms with Gasteiger partial charge in [0, 0.05) is 19.4 Å². The van der Waals surface area contributed by atoms with Gasteiger partial charge in [0.25, 0.3) is 5.91 Å². The Balaban J connectivity index is 2.32. The lowest BCUT2D eigenvalue weighted by molar-refractivity contribution is -0.118. The summed E-state index contributed by atoms with van der Waals surface area (Å²) < 4.78 is 0. The number of aryl methyl sites for hydroxylation is 1. The number of nitrogens with one attached hydrogen (secondary N) is 2. The predicted octanol–water partition coefficient (Wildman–Crippen LogP) is -0.638. The van der Waals surface area contributed by atoms with E-state index in [1.165, 1.54) is 0 Å². The van der Waals surface area contributed by atoms with Gasteiger partial charge in [-0.1, -0.05) is 6.92 Å². The molecule has 1 aromatic heterocycles. The Hall–Kier alpha value is -1.92. The van der Waals surface area contributed by atoms with Gasteiger partial charge in [0.05, 0.1) is 0 Å². The fourth-order valence-corrected chi connectivity index (χ4v) is 1.10. The van der Waals surface area contributed by atoms with Crippen LogP contribution in [0.2, 0.25) is 0 Å². The summed E-state index contributed by atoms with van der Waals surface area (Å²) in [6.45, 7) is 2.30. The van der Waals surface area contributed by atoms with Gasteiger partial charge in [-0.2, -0.15) is 0 Å². The van der Waals surface area contributed by atoms with Crippen LogP contribution in [0.1, 0.15) is 36.2 Å². The molecule has 1 heterocycles. The molecule has 0 aliphatic carbocycles. The fourth-order valence-electron chi connectivity index (χ4n) is 1.10. The number of nitrogens with two attached hydrogens (primary N) is 1. The van der Waals surface area contributed by atoms with Crippen molar-refractivity contribution < 1.29 is 9.59 Å². The van der Waals surface area contributed by atoms with Crippen LogP contribution in [-0.4, -0.2) is 33.5 Å². The highest BCUT2D eigenvalue weighted by atomic mass is 16.2. The highest BCUT2D eigenvalue weighted by Gasteiger charge is 2.10. The molecule has 0 aromatic carbocycles. The molecule has 0 bridgehead atoms. The summed E-state index contributed by atoms with van der Waals surface area (Å²) in [4.78, 5) is 25.9. The minimum absolute atomic E-state index is 0.121. The summed E-state index contributed by atoms with van der Waals surface area (Å²) >= 11 is 0. The second-order valence-electron chi connectivity index (χ2n) is 3.29. The Labute approximate surface area is 92.8 Å². The number of primary amides is 1. The van der Waals surface area contributed by atoms with Crippen molar-refractivity contribution in [2.24, 2.45) is 5.73 Å². The maximum Gasteiger partial charge on any atom is 0.290 e. The molecule has 4 N–H and O–H groups in total. The number of hydrogen-bond donors (Lipinski definition) is 3. The van der Waals surface area contributed by atoms with Crippen LogP contribution in [0.25, 0.3) is 0 Å². The molecule has 0 fully saturated rings. The zero-order chi connectivity index (χ0) is 12.0. The molecule has 7 heteroatoms. The van der Waals surface area contributed by atoms with Gasteiger partial charge in [0.15, 0.2) is 0 Å². The number of nitrogens with zero attached hydrogens (tertiary/aromatic N) is 2. The molecule has 1 aromatic rings. The Bertz CT molecular complexity index is 374. The van der Waals surface area contributed by atoms with E-state index in [9.17, 15) is 9.59 Å². The number of aromatic amines is 1. The van der Waals surface area contributed by atoms with Crippen molar-refractivity contribution in [3.63, 3.8) is 0 Å². The number of aromatic nitrogens is 3. The number of hydrogen-bond acceptors (Lipinski definition) is 4. The van der Waals surface area contributed by atoms with Crippen LogP contribution in [0.5, 0.6) is 0 Å². The lowest BCUT2D eigenvalue weighted by atomic mass is 10.3. The summed E-state index contributed by atoms with van der Waals surface area (Å²) in [5.74, 6) is 0.0686. The van der Waals surface area contributed by atoms with E-state index >= 15 is 0 Å². The number of rotatable bonds is 6. The molecule has 0 saturated heterocycles. The van der Waals surface area contributed by atoms with Crippen LogP contribution in [0.15, 0.2) is 0 Å². The van der Waals surface area contributed by atoms with Crippen LogP contribution in [0, 0.1) is 0 Å². The van der Waals surface area contributed by atoms with Crippen LogP contribution in [-0.2, 0) is 11.2 Å². The number of carbonyl (C=O) groups is 2. The fraction of sp³-hybridized carbons (Fsp3) is 0.556. The van der Waals surface area contributed by atoms with Crippen molar-refractivity contribution in [3.05, 3.63) is 11.6 Å². The molecule has 0 aliphatic heterocycles. The maximum absolute atomic E-state index is 11.4. The van der Waals surface area contributed by atoms with E-state index < -0.39 is 0 Å². The molecule has 7 nitrogen and oxygen atoms in total. The van der Waals surface area contributed by atoms with Gasteiger partial charge in [-0.3, -0.25) is 14.7 Å². The van der Waals surface area contributed by atoms with Crippen molar-refractivity contribution in [1.29, 1.82) is 0 Å². The Morgan fingerprint density at radius 3 is 2.81 bits per heavy atom. The monoisotopic (exact) mass is 225 g/mol. The molecule has 0 saturated carbocycles. The van der Waals surface area contributed by atoms with E-state index in [-0.39, 0.29) is 24.1 Å². The molecule has 16 heavy (non-hydrogen) atoms. The molecule has 0 radical (unpaired) electrons. The average Bonchev–Trinajstić information content (AvgIpc) is 2.72. The lowest BCUT2D eigenvalue weighted by Gasteiger charge is -2.00. The normalized spacial score (nSPS) is 10.1. The van der Waals surface area contributed by atoms with Gasteiger partial charge >= 0.3 is 0 Å². The number of H-pyrrole nitrogens is 1. The third kappa shape index (κ3) is 3.68. The van der Waals surface area contributed by atoms with E-state index in [0.717, 1.165) is 0 Å². The molecule has 0 atom stereocenters. The minimum Gasteiger partial charge on any atom is -0.370 e. The highest BCUT2D eigenvalue weighted by molar-refractivity contribution is 5.90. The van der Waals surface area contributed by atoms with Crippen molar-refractivity contribution in [3.8, 4) is 0 Å². The summed E-state index contributed by atoms with van der Waals surface area (Å²) in [6.07, 6.45) is 1.47. The van der Waals surface area contributed by atoms with Crippen LogP contribution in [0.3, 0.4) is 0 Å². The van der Waals surface area contributed by atoms with Crippen molar-refractivity contribution in [1.82, 2.24) is 20.5 Å². The SMILES string of the molecule is CCc1nc(C(=O)NCCCC(N)=O)n[nH]1. The van der Waals surface area contributed by atoms with Gasteiger partial charge in [0.2, 0.25) is 11.7 Å². The first kappa shape index (κ1) is 12.2. The molecular formula is C9H15N5O2. The summed E-state index contributed by atoms with van der Waals surface area (Å²) in [5.41, 5.74) is 4.96. The van der Waals surface area contributed by atoms with Gasteiger partial charge in [-0.05, 0) is 6.42 Å². The van der Waals surface area contributed by atoms with Crippen molar-refractivity contribution in [2.75, 3.05) is 6.54 Å². The maximum atomic E-state index is 11.4. The average molecular weight is 225 g/mol. The minimum atomic E-state index is -0.375. The van der Waals surface area contributed by atoms with Crippen molar-refractivity contribution in [2.45, 2.75) is 26.2 Å². The number of carbonyl (C=O) groups excluding carboxylic acids is 2. The first-order valence-electron chi connectivity index (χ1n) is 5.11. The Kier molecular flexibility index (Phi) is 4.43. The van der Waals surface area contributed by atoms with E-state index in [1.54, 1.807) is 0 Å². The standard InChI is InChI=1S/C9H15N5O2/c1-2-7-12-8(14-13-7)9(16)11-5-3-4-6(10)15/h2-5H2,1H3,(H2,10,15)(H,11,16)(H,12,13,14). The Morgan fingerprint density at radius 2 is 2.25 bits per heavy atom. The smallest absolute Gasteiger partial charge is 0.290 e.